The first kappa shape index (κ1) is 13.5. The van der Waals surface area contributed by atoms with E-state index in [1.807, 2.05) is 20.8 Å². The monoisotopic (exact) mass is 229 g/mol. The molecule has 0 N–H and O–H groups in total. The Balaban J connectivity index is 2.08. The van der Waals surface area contributed by atoms with Crippen molar-refractivity contribution in [3.63, 3.8) is 0 Å². The van der Waals surface area contributed by atoms with Crippen molar-refractivity contribution in [3.05, 3.63) is 0 Å². The Hall–Kier alpha value is -0.610. The van der Waals surface area contributed by atoms with Gasteiger partial charge in [0.05, 0.1) is 19.6 Å². The molecule has 0 saturated carbocycles. The second kappa shape index (κ2) is 6.21. The van der Waals surface area contributed by atoms with E-state index in [9.17, 15) is 4.79 Å². The first-order valence-electron chi connectivity index (χ1n) is 5.93. The molecule has 1 aliphatic rings. The Morgan fingerprint density at radius 1 is 1.31 bits per heavy atom. The molecule has 4 heteroatoms. The molecule has 94 valence electrons. The Morgan fingerprint density at radius 2 is 1.94 bits per heavy atom. The van der Waals surface area contributed by atoms with E-state index in [2.05, 4.69) is 4.90 Å². The van der Waals surface area contributed by atoms with Gasteiger partial charge < -0.3 is 9.47 Å². The number of hydrogen-bond donors (Lipinski definition) is 0. The highest BCUT2D eigenvalue weighted by Crippen LogP contribution is 2.18. The van der Waals surface area contributed by atoms with Crippen LogP contribution in [0.4, 0.5) is 0 Å². The summed E-state index contributed by atoms with van der Waals surface area (Å²) in [6.07, 6.45) is 0.482. The normalized spacial score (nSPS) is 18.4. The average Bonchev–Trinajstić information content (AvgIpc) is 2.16. The molecule has 1 saturated heterocycles. The molecule has 4 nitrogen and oxygen atoms in total. The highest BCUT2D eigenvalue weighted by molar-refractivity contribution is 5.70. The van der Waals surface area contributed by atoms with Gasteiger partial charge in [0, 0.05) is 19.6 Å². The minimum Gasteiger partial charge on any atom is -0.464 e. The van der Waals surface area contributed by atoms with Gasteiger partial charge in [0.15, 0.2) is 0 Å². The van der Waals surface area contributed by atoms with Crippen LogP contribution in [0.3, 0.4) is 0 Å². The molecule has 0 unspecified atom stereocenters. The van der Waals surface area contributed by atoms with Crippen LogP contribution >= 0.6 is 0 Å². The van der Waals surface area contributed by atoms with Crippen molar-refractivity contribution in [2.45, 2.75) is 27.2 Å². The van der Waals surface area contributed by atoms with Crippen LogP contribution in [0.2, 0.25) is 0 Å². The standard InChI is InChI=1S/C12H23NO3/c1-12(2,3)10-11(14)16-9-6-13-4-7-15-8-5-13/h4-10H2,1-3H3. The summed E-state index contributed by atoms with van der Waals surface area (Å²) in [7, 11) is 0. The number of morpholine rings is 1. The number of carbonyl (C=O) groups excluding carboxylic acids is 1. The molecule has 1 aliphatic heterocycles. The molecule has 16 heavy (non-hydrogen) atoms. The van der Waals surface area contributed by atoms with Gasteiger partial charge >= 0.3 is 5.97 Å². The molecule has 0 aliphatic carbocycles. The fourth-order valence-corrected chi connectivity index (χ4v) is 1.60. The largest absolute Gasteiger partial charge is 0.464 e. The Bertz CT molecular complexity index is 217. The van der Waals surface area contributed by atoms with Crippen molar-refractivity contribution in [3.8, 4) is 0 Å². The predicted octanol–water partition coefficient (Wildman–Crippen LogP) is 1.30. The lowest BCUT2D eigenvalue weighted by molar-refractivity contribution is -0.146. The second-order valence-corrected chi connectivity index (χ2v) is 5.41. The van der Waals surface area contributed by atoms with Crippen molar-refractivity contribution >= 4 is 5.97 Å². The number of hydrogen-bond acceptors (Lipinski definition) is 4. The van der Waals surface area contributed by atoms with Gasteiger partial charge in [0.1, 0.15) is 6.61 Å². The number of nitrogens with zero attached hydrogens (tertiary/aromatic N) is 1. The molecule has 0 atom stereocenters. The Labute approximate surface area is 97.9 Å². The summed E-state index contributed by atoms with van der Waals surface area (Å²) in [6.45, 7) is 10.9. The van der Waals surface area contributed by atoms with Gasteiger partial charge in [-0.2, -0.15) is 0 Å². The van der Waals surface area contributed by atoms with Gasteiger partial charge in [0.2, 0.25) is 0 Å². The van der Waals surface area contributed by atoms with Gasteiger partial charge in [-0.3, -0.25) is 9.69 Å². The summed E-state index contributed by atoms with van der Waals surface area (Å²) in [4.78, 5) is 13.7. The topological polar surface area (TPSA) is 38.8 Å². The Kier molecular flexibility index (Phi) is 5.22. The average molecular weight is 229 g/mol. The van der Waals surface area contributed by atoms with E-state index < -0.39 is 0 Å². The van der Waals surface area contributed by atoms with Gasteiger partial charge in [-0.25, -0.2) is 0 Å². The second-order valence-electron chi connectivity index (χ2n) is 5.41. The third-order valence-corrected chi connectivity index (χ3v) is 2.45. The zero-order valence-electron chi connectivity index (χ0n) is 10.6. The molecule has 0 aromatic rings. The van der Waals surface area contributed by atoms with Crippen molar-refractivity contribution in [2.75, 3.05) is 39.5 Å². The minimum atomic E-state index is -0.0965. The van der Waals surface area contributed by atoms with Crippen LogP contribution in [0.15, 0.2) is 0 Å². The molecule has 1 fully saturated rings. The van der Waals surface area contributed by atoms with E-state index in [1.165, 1.54) is 0 Å². The maximum Gasteiger partial charge on any atom is 0.306 e. The van der Waals surface area contributed by atoms with Crippen LogP contribution in [-0.4, -0.2) is 50.3 Å². The zero-order valence-corrected chi connectivity index (χ0v) is 10.6. The van der Waals surface area contributed by atoms with Crippen molar-refractivity contribution in [2.24, 2.45) is 5.41 Å². The third kappa shape index (κ3) is 6.08. The molecule has 0 aromatic carbocycles. The molecule has 0 radical (unpaired) electrons. The maximum absolute atomic E-state index is 11.4. The van der Waals surface area contributed by atoms with Crippen LogP contribution < -0.4 is 0 Å². The summed E-state index contributed by atoms with van der Waals surface area (Å²) in [5.41, 5.74) is 0.00997. The lowest BCUT2D eigenvalue weighted by Gasteiger charge is -2.26. The predicted molar refractivity (Wildman–Crippen MR) is 62.3 cm³/mol. The number of rotatable bonds is 4. The fraction of sp³-hybridized carbons (Fsp3) is 0.917. The SMILES string of the molecule is CC(C)(C)CC(=O)OCCN1CCOCC1. The van der Waals surface area contributed by atoms with Crippen LogP contribution in [0.1, 0.15) is 27.2 Å². The van der Waals surface area contributed by atoms with Gasteiger partial charge in [-0.1, -0.05) is 20.8 Å². The van der Waals surface area contributed by atoms with E-state index in [4.69, 9.17) is 9.47 Å². The van der Waals surface area contributed by atoms with Gasteiger partial charge in [-0.05, 0) is 5.41 Å². The lowest BCUT2D eigenvalue weighted by atomic mass is 9.93. The molecule has 0 bridgehead atoms. The summed E-state index contributed by atoms with van der Waals surface area (Å²) < 4.78 is 10.4. The third-order valence-electron chi connectivity index (χ3n) is 2.45. The fourth-order valence-electron chi connectivity index (χ4n) is 1.60. The van der Waals surface area contributed by atoms with Crippen LogP contribution in [0, 0.1) is 5.41 Å². The molecule has 1 rings (SSSR count). The smallest absolute Gasteiger partial charge is 0.306 e. The van der Waals surface area contributed by atoms with E-state index >= 15 is 0 Å². The molecular weight excluding hydrogens is 206 g/mol. The summed E-state index contributed by atoms with van der Waals surface area (Å²) in [5.74, 6) is -0.0965. The van der Waals surface area contributed by atoms with Crippen molar-refractivity contribution in [1.29, 1.82) is 0 Å². The van der Waals surface area contributed by atoms with Gasteiger partial charge in [-0.15, -0.1) is 0 Å². The quantitative estimate of drug-likeness (QED) is 0.681. The van der Waals surface area contributed by atoms with E-state index in [0.29, 0.717) is 13.0 Å². The highest BCUT2D eigenvalue weighted by atomic mass is 16.5. The maximum atomic E-state index is 11.4. The number of esters is 1. The molecule has 0 amide bonds. The van der Waals surface area contributed by atoms with E-state index in [-0.39, 0.29) is 11.4 Å². The molecule has 0 spiro atoms. The first-order chi connectivity index (χ1) is 7.47. The Morgan fingerprint density at radius 3 is 2.50 bits per heavy atom. The van der Waals surface area contributed by atoms with Crippen molar-refractivity contribution in [1.82, 2.24) is 4.90 Å². The summed E-state index contributed by atoms with van der Waals surface area (Å²) in [5, 5.41) is 0. The zero-order chi connectivity index (χ0) is 12.0. The van der Waals surface area contributed by atoms with Crippen molar-refractivity contribution < 1.29 is 14.3 Å². The molecular formula is C12H23NO3. The first-order valence-corrected chi connectivity index (χ1v) is 5.93. The minimum absolute atomic E-state index is 0.00997. The summed E-state index contributed by atoms with van der Waals surface area (Å²) in [6, 6.07) is 0. The number of ether oxygens (including phenoxy) is 2. The lowest BCUT2D eigenvalue weighted by Crippen LogP contribution is -2.38. The molecule has 1 heterocycles. The van der Waals surface area contributed by atoms with Gasteiger partial charge in [0.25, 0.3) is 0 Å². The number of carbonyl (C=O) groups is 1. The van der Waals surface area contributed by atoms with Crippen LogP contribution in [0.25, 0.3) is 0 Å². The van der Waals surface area contributed by atoms with Crippen LogP contribution in [-0.2, 0) is 14.3 Å². The highest BCUT2D eigenvalue weighted by Gasteiger charge is 2.17. The molecule has 0 aromatic heterocycles. The van der Waals surface area contributed by atoms with E-state index in [1.54, 1.807) is 0 Å². The van der Waals surface area contributed by atoms with Crippen LogP contribution in [0.5, 0.6) is 0 Å². The van der Waals surface area contributed by atoms with E-state index in [0.717, 1.165) is 32.8 Å². The summed E-state index contributed by atoms with van der Waals surface area (Å²) >= 11 is 0.